The van der Waals surface area contributed by atoms with Gasteiger partial charge >= 0.3 is 0 Å². The first kappa shape index (κ1) is 13.9. The van der Waals surface area contributed by atoms with Crippen LogP contribution in [0.4, 0.5) is 5.69 Å². The molecule has 100 valence electrons. The predicted octanol–water partition coefficient (Wildman–Crippen LogP) is 4.07. The van der Waals surface area contributed by atoms with Crippen molar-refractivity contribution in [2.24, 2.45) is 0 Å². The minimum atomic E-state index is 0.571. The molecule has 0 aliphatic heterocycles. The van der Waals surface area contributed by atoms with Gasteiger partial charge in [0.1, 0.15) is 0 Å². The molecule has 0 unspecified atom stereocenters. The zero-order valence-corrected chi connectivity index (χ0v) is 11.6. The van der Waals surface area contributed by atoms with Gasteiger partial charge in [0.25, 0.3) is 0 Å². The van der Waals surface area contributed by atoms with Gasteiger partial charge in [-0.05, 0) is 42.2 Å². The first-order valence-electron chi connectivity index (χ1n) is 6.41. The third-order valence-electron chi connectivity index (χ3n) is 2.95. The van der Waals surface area contributed by atoms with E-state index < -0.39 is 0 Å². The molecule has 0 bridgehead atoms. The van der Waals surface area contributed by atoms with Crippen molar-refractivity contribution in [3.63, 3.8) is 0 Å². The number of halogens is 1. The van der Waals surface area contributed by atoms with Crippen LogP contribution in [0.3, 0.4) is 0 Å². The van der Waals surface area contributed by atoms with E-state index in [0.29, 0.717) is 6.61 Å². The summed E-state index contributed by atoms with van der Waals surface area (Å²) in [6.45, 7) is 1.30. The molecule has 0 aliphatic carbocycles. The molecule has 0 atom stereocenters. The van der Waals surface area contributed by atoms with Crippen LogP contribution < -0.4 is 5.73 Å². The van der Waals surface area contributed by atoms with Crippen LogP contribution in [0, 0.1) is 0 Å². The van der Waals surface area contributed by atoms with E-state index in [1.54, 1.807) is 0 Å². The number of nitrogen functional groups attached to an aromatic ring is 1. The summed E-state index contributed by atoms with van der Waals surface area (Å²) in [7, 11) is 0. The summed E-state index contributed by atoms with van der Waals surface area (Å²) in [5.74, 6) is 0. The molecule has 0 aromatic heterocycles. The van der Waals surface area contributed by atoms with Crippen molar-refractivity contribution in [2.75, 3.05) is 12.3 Å². The Balaban J connectivity index is 1.67. The van der Waals surface area contributed by atoms with Crippen molar-refractivity contribution >= 4 is 17.3 Å². The summed E-state index contributed by atoms with van der Waals surface area (Å²) in [5.41, 5.74) is 8.77. The van der Waals surface area contributed by atoms with Gasteiger partial charge in [-0.3, -0.25) is 0 Å². The lowest BCUT2D eigenvalue weighted by molar-refractivity contribution is 0.119. The molecule has 2 rings (SSSR count). The van der Waals surface area contributed by atoms with Crippen molar-refractivity contribution in [3.8, 4) is 0 Å². The molecule has 0 heterocycles. The Hall–Kier alpha value is -1.51. The zero-order chi connectivity index (χ0) is 13.5. The predicted molar refractivity (Wildman–Crippen MR) is 80.3 cm³/mol. The molecule has 3 heteroatoms. The minimum Gasteiger partial charge on any atom is -0.399 e. The maximum atomic E-state index is 6.06. The Labute approximate surface area is 119 Å². The number of hydrogen-bond acceptors (Lipinski definition) is 2. The van der Waals surface area contributed by atoms with Gasteiger partial charge in [0.15, 0.2) is 0 Å². The highest BCUT2D eigenvalue weighted by atomic mass is 35.5. The van der Waals surface area contributed by atoms with Gasteiger partial charge in [0, 0.05) is 17.3 Å². The molecule has 2 nitrogen and oxygen atoms in total. The minimum absolute atomic E-state index is 0.571. The Morgan fingerprint density at radius 3 is 2.47 bits per heavy atom. The normalized spacial score (nSPS) is 10.6. The molecular weight excluding hydrogens is 258 g/mol. The molecule has 19 heavy (non-hydrogen) atoms. The summed E-state index contributed by atoms with van der Waals surface area (Å²) in [5, 5.41) is 0.765. The van der Waals surface area contributed by atoms with Gasteiger partial charge in [-0.2, -0.15) is 0 Å². The molecule has 0 saturated carbocycles. The molecule has 0 saturated heterocycles. The van der Waals surface area contributed by atoms with E-state index in [4.69, 9.17) is 22.1 Å². The number of benzene rings is 2. The highest BCUT2D eigenvalue weighted by Crippen LogP contribution is 2.16. The Morgan fingerprint density at radius 1 is 1.00 bits per heavy atom. The maximum Gasteiger partial charge on any atom is 0.0731 e. The lowest BCUT2D eigenvalue weighted by atomic mass is 10.1. The summed E-state index contributed by atoms with van der Waals surface area (Å²) in [6.07, 6.45) is 2.00. The van der Waals surface area contributed by atoms with E-state index in [1.165, 1.54) is 5.56 Å². The van der Waals surface area contributed by atoms with Gasteiger partial charge in [0.05, 0.1) is 6.61 Å². The summed E-state index contributed by atoms with van der Waals surface area (Å²) >= 11 is 6.06. The van der Waals surface area contributed by atoms with Gasteiger partial charge in [-0.15, -0.1) is 0 Å². The summed E-state index contributed by atoms with van der Waals surface area (Å²) in [4.78, 5) is 0. The molecule has 0 spiro atoms. The van der Waals surface area contributed by atoms with Crippen molar-refractivity contribution in [3.05, 3.63) is 64.7 Å². The number of anilines is 1. The number of aryl methyl sites for hydroxylation is 1. The van der Waals surface area contributed by atoms with E-state index >= 15 is 0 Å². The monoisotopic (exact) mass is 275 g/mol. The van der Waals surface area contributed by atoms with Crippen LogP contribution >= 0.6 is 11.6 Å². The first-order valence-corrected chi connectivity index (χ1v) is 6.79. The van der Waals surface area contributed by atoms with Crippen LogP contribution in [-0.2, 0) is 17.8 Å². The van der Waals surface area contributed by atoms with Crippen molar-refractivity contribution in [2.45, 2.75) is 19.4 Å². The van der Waals surface area contributed by atoms with E-state index in [1.807, 2.05) is 36.4 Å². The first-order chi connectivity index (χ1) is 9.25. The van der Waals surface area contributed by atoms with Gasteiger partial charge < -0.3 is 10.5 Å². The fraction of sp³-hybridized carbons (Fsp3) is 0.250. The van der Waals surface area contributed by atoms with Gasteiger partial charge in [-0.1, -0.05) is 41.9 Å². The largest absolute Gasteiger partial charge is 0.399 e. The standard InChI is InChI=1S/C16H18ClNO/c17-16-6-2-1-5-14(16)12-19-11-3-4-13-7-9-15(18)10-8-13/h1-2,5-10H,3-4,11-12,18H2. The number of ether oxygens (including phenoxy) is 1. The lowest BCUT2D eigenvalue weighted by Gasteiger charge is -2.06. The molecule has 2 aromatic rings. The Bertz CT molecular complexity index is 510. The molecule has 0 aliphatic rings. The SMILES string of the molecule is Nc1ccc(CCCOCc2ccccc2Cl)cc1. The third-order valence-corrected chi connectivity index (χ3v) is 3.32. The van der Waals surface area contributed by atoms with E-state index in [2.05, 4.69) is 12.1 Å². The Kier molecular flexibility index (Phi) is 5.25. The zero-order valence-electron chi connectivity index (χ0n) is 10.8. The highest BCUT2D eigenvalue weighted by molar-refractivity contribution is 6.31. The highest BCUT2D eigenvalue weighted by Gasteiger charge is 1.99. The maximum absolute atomic E-state index is 6.06. The topological polar surface area (TPSA) is 35.2 Å². The third kappa shape index (κ3) is 4.58. The molecule has 0 radical (unpaired) electrons. The number of nitrogens with two attached hydrogens (primary N) is 1. The van der Waals surface area contributed by atoms with Crippen LogP contribution in [0.25, 0.3) is 0 Å². The molecule has 0 amide bonds. The molecular formula is C16H18ClNO. The second-order valence-corrected chi connectivity index (χ2v) is 4.90. The van der Waals surface area contributed by atoms with Crippen molar-refractivity contribution < 1.29 is 4.74 Å². The van der Waals surface area contributed by atoms with E-state index in [0.717, 1.165) is 35.7 Å². The number of rotatable bonds is 6. The van der Waals surface area contributed by atoms with Crippen LogP contribution in [0.5, 0.6) is 0 Å². The lowest BCUT2D eigenvalue weighted by Crippen LogP contribution is -1.98. The summed E-state index contributed by atoms with van der Waals surface area (Å²) < 4.78 is 5.64. The fourth-order valence-corrected chi connectivity index (χ4v) is 2.05. The summed E-state index contributed by atoms with van der Waals surface area (Å²) in [6, 6.07) is 15.7. The second kappa shape index (κ2) is 7.17. The molecule has 2 aromatic carbocycles. The quantitative estimate of drug-likeness (QED) is 0.637. The van der Waals surface area contributed by atoms with E-state index in [9.17, 15) is 0 Å². The average Bonchev–Trinajstić information content (AvgIpc) is 2.42. The van der Waals surface area contributed by atoms with Gasteiger partial charge in [0.2, 0.25) is 0 Å². The van der Waals surface area contributed by atoms with Crippen molar-refractivity contribution in [1.82, 2.24) is 0 Å². The van der Waals surface area contributed by atoms with Gasteiger partial charge in [-0.25, -0.2) is 0 Å². The Morgan fingerprint density at radius 2 is 1.74 bits per heavy atom. The molecule has 0 fully saturated rings. The van der Waals surface area contributed by atoms with Crippen LogP contribution in [0.2, 0.25) is 5.02 Å². The average molecular weight is 276 g/mol. The van der Waals surface area contributed by atoms with Crippen LogP contribution in [-0.4, -0.2) is 6.61 Å². The van der Waals surface area contributed by atoms with E-state index in [-0.39, 0.29) is 0 Å². The van der Waals surface area contributed by atoms with Crippen molar-refractivity contribution in [1.29, 1.82) is 0 Å². The second-order valence-electron chi connectivity index (χ2n) is 4.49. The smallest absolute Gasteiger partial charge is 0.0731 e. The molecule has 2 N–H and O–H groups in total. The van der Waals surface area contributed by atoms with Crippen LogP contribution in [0.15, 0.2) is 48.5 Å². The fourth-order valence-electron chi connectivity index (χ4n) is 1.86. The van der Waals surface area contributed by atoms with Crippen LogP contribution in [0.1, 0.15) is 17.5 Å². The number of hydrogen-bond donors (Lipinski definition) is 1.